The van der Waals surface area contributed by atoms with Crippen LogP contribution in [0.3, 0.4) is 0 Å². The number of benzene rings is 1. The Morgan fingerprint density at radius 3 is 2.92 bits per heavy atom. The molecule has 1 aromatic carbocycles. The number of carbonyl (C=O) groups excluding carboxylic acids is 1. The minimum absolute atomic E-state index is 0.135. The van der Waals surface area contributed by atoms with Crippen molar-refractivity contribution in [1.82, 2.24) is 9.88 Å². The van der Waals surface area contributed by atoms with Gasteiger partial charge in [0.2, 0.25) is 5.91 Å². The van der Waals surface area contributed by atoms with Crippen molar-refractivity contribution in [2.45, 2.75) is 45.8 Å². The fourth-order valence-corrected chi connectivity index (χ4v) is 4.18. The first kappa shape index (κ1) is 16.9. The monoisotopic (exact) mass is 344 g/mol. The molecule has 0 aliphatic carbocycles. The molecule has 2 heterocycles. The third-order valence-corrected chi connectivity index (χ3v) is 5.59. The standard InChI is InChI=1S/C18H24N4OS/c1-12-17(24-13(2)21-12)10-20-15-7-4-3-6-14(15)11-22-9-5-8-16(22)18(19)23/h3-4,6-7,16,20H,5,8-11H2,1-2H3,(H2,19,23). The summed E-state index contributed by atoms with van der Waals surface area (Å²) >= 11 is 1.73. The number of carbonyl (C=O) groups is 1. The van der Waals surface area contributed by atoms with Gasteiger partial charge in [-0.2, -0.15) is 0 Å². The summed E-state index contributed by atoms with van der Waals surface area (Å²) in [5.41, 5.74) is 8.93. The molecule has 0 spiro atoms. The van der Waals surface area contributed by atoms with E-state index in [4.69, 9.17) is 5.73 Å². The lowest BCUT2D eigenvalue weighted by molar-refractivity contribution is -0.122. The average Bonchev–Trinajstić information content (AvgIpc) is 3.13. The Labute approximate surface area is 146 Å². The number of nitrogens with zero attached hydrogens (tertiary/aromatic N) is 2. The van der Waals surface area contributed by atoms with Crippen LogP contribution in [-0.4, -0.2) is 28.4 Å². The molecule has 3 N–H and O–H groups in total. The number of hydrogen-bond donors (Lipinski definition) is 2. The fraction of sp³-hybridized carbons (Fsp3) is 0.444. The van der Waals surface area contributed by atoms with Crippen molar-refractivity contribution in [2.75, 3.05) is 11.9 Å². The van der Waals surface area contributed by atoms with E-state index in [0.29, 0.717) is 0 Å². The first-order chi connectivity index (χ1) is 11.5. The molecule has 5 nitrogen and oxygen atoms in total. The topological polar surface area (TPSA) is 71.2 Å². The average molecular weight is 344 g/mol. The number of aryl methyl sites for hydroxylation is 2. The number of nitrogens with one attached hydrogen (secondary N) is 1. The zero-order valence-corrected chi connectivity index (χ0v) is 15.0. The van der Waals surface area contributed by atoms with Gasteiger partial charge in [0.15, 0.2) is 0 Å². The zero-order chi connectivity index (χ0) is 17.1. The summed E-state index contributed by atoms with van der Waals surface area (Å²) < 4.78 is 0. The van der Waals surface area contributed by atoms with E-state index in [1.54, 1.807) is 11.3 Å². The predicted molar refractivity (Wildman–Crippen MR) is 98.0 cm³/mol. The summed E-state index contributed by atoms with van der Waals surface area (Å²) in [4.78, 5) is 19.5. The van der Waals surface area contributed by atoms with Gasteiger partial charge in [-0.1, -0.05) is 18.2 Å². The summed E-state index contributed by atoms with van der Waals surface area (Å²) in [6.07, 6.45) is 1.90. The maximum absolute atomic E-state index is 11.6. The molecule has 1 aliphatic rings. The number of rotatable bonds is 6. The molecule has 128 valence electrons. The van der Waals surface area contributed by atoms with Gasteiger partial charge in [0.25, 0.3) is 0 Å². The highest BCUT2D eigenvalue weighted by Crippen LogP contribution is 2.25. The van der Waals surface area contributed by atoms with Crippen LogP contribution in [0.25, 0.3) is 0 Å². The number of amides is 1. The quantitative estimate of drug-likeness (QED) is 0.845. The molecular formula is C18H24N4OS. The SMILES string of the molecule is Cc1nc(C)c(CNc2ccccc2CN2CCCC2C(N)=O)s1. The second kappa shape index (κ2) is 7.32. The van der Waals surface area contributed by atoms with Crippen molar-refractivity contribution in [3.8, 4) is 0 Å². The fourth-order valence-electron chi connectivity index (χ4n) is 3.30. The minimum atomic E-state index is -0.214. The van der Waals surface area contributed by atoms with Crippen LogP contribution >= 0.6 is 11.3 Å². The molecule has 1 aliphatic heterocycles. The van der Waals surface area contributed by atoms with Crippen LogP contribution in [0.5, 0.6) is 0 Å². The lowest BCUT2D eigenvalue weighted by Crippen LogP contribution is -2.39. The van der Waals surface area contributed by atoms with E-state index in [1.165, 1.54) is 10.4 Å². The van der Waals surface area contributed by atoms with Gasteiger partial charge in [-0.25, -0.2) is 4.98 Å². The maximum Gasteiger partial charge on any atom is 0.234 e. The van der Waals surface area contributed by atoms with Crippen molar-refractivity contribution >= 4 is 22.9 Å². The van der Waals surface area contributed by atoms with Crippen LogP contribution in [0.15, 0.2) is 24.3 Å². The predicted octanol–water partition coefficient (Wildman–Crippen LogP) is 2.82. The Morgan fingerprint density at radius 2 is 2.21 bits per heavy atom. The number of thiazole rings is 1. The largest absolute Gasteiger partial charge is 0.380 e. The highest BCUT2D eigenvalue weighted by molar-refractivity contribution is 7.11. The number of anilines is 1. The molecule has 0 radical (unpaired) electrons. The Morgan fingerprint density at radius 1 is 1.42 bits per heavy atom. The summed E-state index contributed by atoms with van der Waals surface area (Å²) in [6.45, 7) is 6.53. The highest BCUT2D eigenvalue weighted by atomic mass is 32.1. The summed E-state index contributed by atoms with van der Waals surface area (Å²) in [5, 5.41) is 4.63. The molecule has 24 heavy (non-hydrogen) atoms. The molecule has 0 saturated carbocycles. The Balaban J connectivity index is 1.71. The van der Waals surface area contributed by atoms with E-state index in [0.717, 1.165) is 48.9 Å². The number of hydrogen-bond acceptors (Lipinski definition) is 5. The molecule has 1 amide bonds. The number of likely N-dealkylation sites (tertiary alicyclic amines) is 1. The molecule has 1 atom stereocenters. The second-order valence-electron chi connectivity index (χ2n) is 6.28. The molecular weight excluding hydrogens is 320 g/mol. The van der Waals surface area contributed by atoms with Crippen LogP contribution in [0, 0.1) is 13.8 Å². The van der Waals surface area contributed by atoms with E-state index in [2.05, 4.69) is 27.3 Å². The van der Waals surface area contributed by atoms with Crippen molar-refractivity contribution in [3.63, 3.8) is 0 Å². The lowest BCUT2D eigenvalue weighted by Gasteiger charge is -2.23. The van der Waals surface area contributed by atoms with Crippen molar-refractivity contribution in [2.24, 2.45) is 5.73 Å². The van der Waals surface area contributed by atoms with E-state index >= 15 is 0 Å². The summed E-state index contributed by atoms with van der Waals surface area (Å²) in [7, 11) is 0. The van der Waals surface area contributed by atoms with Crippen LogP contribution in [0.4, 0.5) is 5.69 Å². The third kappa shape index (κ3) is 3.76. The molecule has 1 aromatic heterocycles. The van der Waals surface area contributed by atoms with Crippen LogP contribution in [0.2, 0.25) is 0 Å². The van der Waals surface area contributed by atoms with Gasteiger partial charge < -0.3 is 11.1 Å². The molecule has 2 aromatic rings. The Kier molecular flexibility index (Phi) is 5.16. The Bertz CT molecular complexity index is 728. The van der Waals surface area contributed by atoms with Crippen molar-refractivity contribution in [3.05, 3.63) is 45.4 Å². The van der Waals surface area contributed by atoms with E-state index in [9.17, 15) is 4.79 Å². The van der Waals surface area contributed by atoms with Crippen LogP contribution in [-0.2, 0) is 17.9 Å². The number of aromatic nitrogens is 1. The summed E-state index contributed by atoms with van der Waals surface area (Å²) in [5.74, 6) is -0.214. The smallest absolute Gasteiger partial charge is 0.234 e. The van der Waals surface area contributed by atoms with Gasteiger partial charge >= 0.3 is 0 Å². The van der Waals surface area contributed by atoms with E-state index < -0.39 is 0 Å². The number of para-hydroxylation sites is 1. The molecule has 6 heteroatoms. The first-order valence-electron chi connectivity index (χ1n) is 8.32. The normalized spacial score (nSPS) is 18.0. The second-order valence-corrected chi connectivity index (χ2v) is 7.57. The molecule has 1 fully saturated rings. The van der Waals surface area contributed by atoms with Gasteiger partial charge in [0.05, 0.1) is 23.3 Å². The van der Waals surface area contributed by atoms with Crippen molar-refractivity contribution in [1.29, 1.82) is 0 Å². The lowest BCUT2D eigenvalue weighted by atomic mass is 10.1. The Hall–Kier alpha value is -1.92. The number of nitrogens with two attached hydrogens (primary N) is 1. The van der Waals surface area contributed by atoms with Gasteiger partial charge in [-0.15, -0.1) is 11.3 Å². The van der Waals surface area contributed by atoms with Gasteiger partial charge in [-0.3, -0.25) is 9.69 Å². The van der Waals surface area contributed by atoms with E-state index in [-0.39, 0.29) is 11.9 Å². The molecule has 1 saturated heterocycles. The van der Waals surface area contributed by atoms with Crippen molar-refractivity contribution < 1.29 is 4.79 Å². The van der Waals surface area contributed by atoms with Gasteiger partial charge in [0, 0.05) is 17.1 Å². The summed E-state index contributed by atoms with van der Waals surface area (Å²) in [6, 6.07) is 8.14. The zero-order valence-electron chi connectivity index (χ0n) is 14.2. The van der Waals surface area contributed by atoms with Gasteiger partial charge in [-0.05, 0) is 44.9 Å². The minimum Gasteiger partial charge on any atom is -0.380 e. The van der Waals surface area contributed by atoms with Crippen LogP contribution < -0.4 is 11.1 Å². The van der Waals surface area contributed by atoms with Gasteiger partial charge in [0.1, 0.15) is 0 Å². The third-order valence-electron chi connectivity index (χ3n) is 4.52. The first-order valence-corrected chi connectivity index (χ1v) is 9.14. The molecule has 0 bridgehead atoms. The van der Waals surface area contributed by atoms with Crippen LogP contribution in [0.1, 0.15) is 34.0 Å². The highest BCUT2D eigenvalue weighted by Gasteiger charge is 2.29. The van der Waals surface area contributed by atoms with E-state index in [1.807, 2.05) is 26.0 Å². The molecule has 1 unspecified atom stereocenters. The number of primary amides is 1. The maximum atomic E-state index is 11.6. The molecule has 3 rings (SSSR count).